The number of nitrogens with zero attached hydrogens (tertiary/aromatic N) is 4. The van der Waals surface area contributed by atoms with Crippen LogP contribution in [0.25, 0.3) is 66.6 Å². The predicted molar refractivity (Wildman–Crippen MR) is 240 cm³/mol. The molecule has 0 saturated heterocycles. The lowest BCUT2D eigenvalue weighted by molar-refractivity contribution is 0.423. The zero-order chi connectivity index (χ0) is 39.0. The Balaban J connectivity index is 1.21. The average Bonchev–Trinajstić information content (AvgIpc) is 3.63. The van der Waals surface area contributed by atoms with Gasteiger partial charge in [0.1, 0.15) is 5.84 Å². The normalized spacial score (nSPS) is 14.1. The Morgan fingerprint density at radius 3 is 1.45 bits per heavy atom. The number of fused-ring (bicyclic) bond motifs is 3. The lowest BCUT2D eigenvalue weighted by atomic mass is 9.91. The quantitative estimate of drug-likeness (QED) is 0.163. The van der Waals surface area contributed by atoms with E-state index in [4.69, 9.17) is 4.99 Å². The molecule has 1 aliphatic rings. The van der Waals surface area contributed by atoms with E-state index in [2.05, 4.69) is 173 Å². The maximum absolute atomic E-state index is 10.7. The van der Waals surface area contributed by atoms with Gasteiger partial charge in [0.2, 0.25) is 0 Å². The van der Waals surface area contributed by atoms with Crippen molar-refractivity contribution in [2.75, 3.05) is 7.05 Å². The van der Waals surface area contributed by atoms with Crippen LogP contribution in [0.4, 0.5) is 0 Å². The van der Waals surface area contributed by atoms with Gasteiger partial charge in [-0.1, -0.05) is 164 Å². The Hall–Kier alpha value is -7.74. The molecular weight excluding hydrogens is 705 g/mol. The van der Waals surface area contributed by atoms with Crippen LogP contribution in [0.5, 0.6) is 0 Å². The molecule has 1 aromatic heterocycles. The van der Waals surface area contributed by atoms with E-state index < -0.39 is 0 Å². The van der Waals surface area contributed by atoms with Crippen molar-refractivity contribution >= 4 is 33.3 Å². The lowest BCUT2D eigenvalue weighted by Gasteiger charge is -2.35. The SMILES string of the molecule is CN1C(c2ccc(-n3c4ccc(-c5ccccc5)cc4c4cc(-c5ccccc5)ccc43)c(-c3ccccc3)c2)=NC(c2ccccc2)=C(C#N)C1c1ccccc1. The highest BCUT2D eigenvalue weighted by molar-refractivity contribution is 6.12. The van der Waals surface area contributed by atoms with Crippen LogP contribution in [0.15, 0.2) is 217 Å². The largest absolute Gasteiger partial charge is 0.347 e. The van der Waals surface area contributed by atoms with Gasteiger partial charge in [-0.05, 0) is 75.8 Å². The van der Waals surface area contributed by atoms with Gasteiger partial charge in [-0.2, -0.15) is 5.26 Å². The number of amidine groups is 1. The van der Waals surface area contributed by atoms with Crippen molar-refractivity contribution < 1.29 is 0 Å². The molecule has 0 spiro atoms. The van der Waals surface area contributed by atoms with E-state index in [0.717, 1.165) is 50.4 Å². The molecule has 0 aliphatic carbocycles. The van der Waals surface area contributed by atoms with Crippen LogP contribution in [-0.2, 0) is 0 Å². The minimum absolute atomic E-state index is 0.316. The van der Waals surface area contributed by atoms with Crippen LogP contribution in [0.1, 0.15) is 22.7 Å². The molecule has 10 rings (SSSR count). The molecule has 0 N–H and O–H groups in total. The van der Waals surface area contributed by atoms with Crippen molar-refractivity contribution in [3.8, 4) is 45.1 Å². The van der Waals surface area contributed by atoms with Crippen molar-refractivity contribution in [1.29, 1.82) is 5.26 Å². The average molecular weight is 743 g/mol. The number of hydrogen-bond acceptors (Lipinski definition) is 3. The first kappa shape index (κ1) is 34.7. The van der Waals surface area contributed by atoms with Gasteiger partial charge in [-0.15, -0.1) is 0 Å². The highest BCUT2D eigenvalue weighted by Gasteiger charge is 2.33. The van der Waals surface area contributed by atoms with Crippen LogP contribution in [0, 0.1) is 11.3 Å². The number of aliphatic imine (C=N–C) groups is 1. The number of likely N-dealkylation sites (N-methyl/N-ethyl adjacent to an activating group) is 1. The molecule has 1 unspecified atom stereocenters. The van der Waals surface area contributed by atoms with Crippen LogP contribution in [0.2, 0.25) is 0 Å². The van der Waals surface area contributed by atoms with Gasteiger partial charge in [0, 0.05) is 34.5 Å². The fourth-order valence-electron chi connectivity index (χ4n) is 8.54. The Labute approximate surface area is 338 Å². The standard InChI is InChI=1S/C54H38N4/c1-57-53(41-25-15-6-16-26-41)48(36-55)52(40-23-13-5-14-24-40)56-54(57)44-29-32-49(45(35-44)39-21-11-4-12-22-39)58-50-30-27-42(37-17-7-2-8-18-37)33-46(50)47-34-43(28-31-51(47)58)38-19-9-3-10-20-38/h2-35,53H,1H3. The van der Waals surface area contributed by atoms with Crippen molar-refractivity contribution in [3.05, 3.63) is 229 Å². The highest BCUT2D eigenvalue weighted by atomic mass is 15.2. The summed E-state index contributed by atoms with van der Waals surface area (Å²) in [4.78, 5) is 7.48. The maximum atomic E-state index is 10.7. The number of aromatic nitrogens is 1. The first-order valence-electron chi connectivity index (χ1n) is 19.6. The zero-order valence-electron chi connectivity index (χ0n) is 32.0. The van der Waals surface area contributed by atoms with Crippen LogP contribution < -0.4 is 0 Å². The second kappa shape index (κ2) is 14.7. The lowest BCUT2D eigenvalue weighted by Crippen LogP contribution is -2.36. The van der Waals surface area contributed by atoms with Gasteiger partial charge < -0.3 is 9.47 Å². The predicted octanol–water partition coefficient (Wildman–Crippen LogP) is 13.2. The minimum atomic E-state index is -0.316. The van der Waals surface area contributed by atoms with Gasteiger partial charge in [0.15, 0.2) is 0 Å². The summed E-state index contributed by atoms with van der Waals surface area (Å²) in [6.07, 6.45) is 0. The summed E-state index contributed by atoms with van der Waals surface area (Å²) in [6, 6.07) is 74.8. The molecule has 4 heteroatoms. The maximum Gasteiger partial charge on any atom is 0.137 e. The summed E-state index contributed by atoms with van der Waals surface area (Å²) in [5.41, 5.74) is 14.5. The monoisotopic (exact) mass is 742 g/mol. The van der Waals surface area contributed by atoms with Gasteiger partial charge in [-0.25, -0.2) is 4.99 Å². The van der Waals surface area contributed by atoms with E-state index in [1.165, 1.54) is 33.0 Å². The smallest absolute Gasteiger partial charge is 0.137 e. The summed E-state index contributed by atoms with van der Waals surface area (Å²) in [6.45, 7) is 0. The number of nitriles is 1. The molecule has 0 saturated carbocycles. The molecule has 0 fully saturated rings. The summed E-state index contributed by atoms with van der Waals surface area (Å²) in [7, 11) is 2.05. The molecule has 0 radical (unpaired) electrons. The summed E-state index contributed by atoms with van der Waals surface area (Å²) < 4.78 is 2.42. The fourth-order valence-corrected chi connectivity index (χ4v) is 8.54. The van der Waals surface area contributed by atoms with Gasteiger partial charge in [0.25, 0.3) is 0 Å². The van der Waals surface area contributed by atoms with E-state index in [1.54, 1.807) is 0 Å². The second-order valence-corrected chi connectivity index (χ2v) is 14.7. The fraction of sp³-hybridized carbons (Fsp3) is 0.0370. The Morgan fingerprint density at radius 1 is 0.466 bits per heavy atom. The van der Waals surface area contributed by atoms with Crippen molar-refractivity contribution in [1.82, 2.24) is 9.47 Å². The molecule has 2 heterocycles. The molecule has 4 nitrogen and oxygen atoms in total. The summed E-state index contributed by atoms with van der Waals surface area (Å²) in [5, 5.41) is 13.1. The Bertz CT molecular complexity index is 2950. The molecule has 0 bridgehead atoms. The molecular formula is C54H38N4. The third-order valence-corrected chi connectivity index (χ3v) is 11.3. The summed E-state index contributed by atoms with van der Waals surface area (Å²) in [5.74, 6) is 0.803. The third-order valence-electron chi connectivity index (χ3n) is 11.3. The van der Waals surface area contributed by atoms with Gasteiger partial charge >= 0.3 is 0 Å². The number of rotatable bonds is 7. The molecule has 58 heavy (non-hydrogen) atoms. The molecule has 9 aromatic rings. The number of benzene rings is 8. The van der Waals surface area contributed by atoms with E-state index in [0.29, 0.717) is 11.3 Å². The van der Waals surface area contributed by atoms with Crippen molar-refractivity contribution in [2.45, 2.75) is 6.04 Å². The first-order valence-corrected chi connectivity index (χ1v) is 19.6. The van der Waals surface area contributed by atoms with Crippen LogP contribution in [-0.4, -0.2) is 22.4 Å². The van der Waals surface area contributed by atoms with Crippen LogP contribution in [0.3, 0.4) is 0 Å². The van der Waals surface area contributed by atoms with Gasteiger partial charge in [-0.3, -0.25) is 0 Å². The zero-order valence-corrected chi connectivity index (χ0v) is 32.0. The van der Waals surface area contributed by atoms with Crippen LogP contribution >= 0.6 is 0 Å². The van der Waals surface area contributed by atoms with E-state index in [9.17, 15) is 5.26 Å². The van der Waals surface area contributed by atoms with E-state index in [-0.39, 0.29) is 6.04 Å². The van der Waals surface area contributed by atoms with Gasteiger partial charge in [0.05, 0.1) is 40.1 Å². The minimum Gasteiger partial charge on any atom is -0.347 e. The molecule has 8 aromatic carbocycles. The van der Waals surface area contributed by atoms with E-state index in [1.807, 2.05) is 55.6 Å². The first-order chi connectivity index (χ1) is 28.7. The van der Waals surface area contributed by atoms with Crippen molar-refractivity contribution in [2.24, 2.45) is 4.99 Å². The second-order valence-electron chi connectivity index (χ2n) is 14.7. The molecule has 1 atom stereocenters. The topological polar surface area (TPSA) is 44.3 Å². The van der Waals surface area contributed by atoms with E-state index >= 15 is 0 Å². The Morgan fingerprint density at radius 2 is 0.931 bits per heavy atom. The number of hydrogen-bond donors (Lipinski definition) is 0. The highest BCUT2D eigenvalue weighted by Crippen LogP contribution is 2.42. The third kappa shape index (κ3) is 6.07. The molecule has 1 aliphatic heterocycles. The summed E-state index contributed by atoms with van der Waals surface area (Å²) >= 11 is 0. The molecule has 0 amide bonds. The Kier molecular flexibility index (Phi) is 8.82. The van der Waals surface area contributed by atoms with Crippen molar-refractivity contribution in [3.63, 3.8) is 0 Å². The molecule has 274 valence electrons.